The molecule has 0 aliphatic carbocycles. The van der Waals surface area contributed by atoms with Crippen LogP contribution >= 0.6 is 0 Å². The lowest BCUT2D eigenvalue weighted by Gasteiger charge is -2.03. The molecule has 0 saturated carbocycles. The van der Waals surface area contributed by atoms with Gasteiger partial charge in [0.2, 0.25) is 11.5 Å². The van der Waals surface area contributed by atoms with Crippen LogP contribution in [0.25, 0.3) is 11.0 Å². The molecule has 0 atom stereocenters. The molecule has 0 bridgehead atoms. The molecule has 0 unspecified atom stereocenters. The predicted molar refractivity (Wildman–Crippen MR) is 97.9 cm³/mol. The normalized spacial score (nSPS) is 11.8. The van der Waals surface area contributed by atoms with Gasteiger partial charge >= 0.3 is 6.03 Å². The number of primary amides is 1. The van der Waals surface area contributed by atoms with Crippen LogP contribution in [0, 0.1) is 0 Å². The topological polar surface area (TPSA) is 94.4 Å². The molecular formula is C18H27N5O2. The molecule has 136 valence electrons. The fourth-order valence-corrected chi connectivity index (χ4v) is 2.94. The molecule has 0 radical (unpaired) electrons. The minimum atomic E-state index is -0.538. The molecule has 0 aliphatic rings. The van der Waals surface area contributed by atoms with Crippen molar-refractivity contribution < 1.29 is 9.59 Å². The van der Waals surface area contributed by atoms with Gasteiger partial charge in [-0.1, -0.05) is 19.1 Å². The number of rotatable bonds is 8. The Morgan fingerprint density at radius 2 is 1.80 bits per heavy atom. The fraction of sp³-hybridized carbons (Fsp3) is 0.500. The van der Waals surface area contributed by atoms with Crippen LogP contribution in [0.1, 0.15) is 39.5 Å². The van der Waals surface area contributed by atoms with E-state index in [4.69, 9.17) is 5.73 Å². The Kier molecular flexibility index (Phi) is 6.80. The minimum Gasteiger partial charge on any atom is -0.352 e. The first kappa shape index (κ1) is 18.8. The predicted octanol–water partition coefficient (Wildman–Crippen LogP) is 2.14. The number of urea groups is 1. The van der Waals surface area contributed by atoms with E-state index in [1.54, 1.807) is 0 Å². The number of nitrogens with one attached hydrogen (secondary N) is 1. The van der Waals surface area contributed by atoms with Crippen molar-refractivity contribution in [2.75, 3.05) is 6.54 Å². The summed E-state index contributed by atoms with van der Waals surface area (Å²) in [6, 6.07) is 7.60. The monoisotopic (exact) mass is 345 g/mol. The summed E-state index contributed by atoms with van der Waals surface area (Å²) >= 11 is 0. The first-order chi connectivity index (χ1) is 12.1. The number of nitrogens with zero attached hydrogens (tertiary/aromatic N) is 3. The third-order valence-corrected chi connectivity index (χ3v) is 4.05. The number of carbonyl (C=O) groups is 2. The first-order valence-corrected chi connectivity index (χ1v) is 8.87. The second kappa shape index (κ2) is 9.05. The third-order valence-electron chi connectivity index (χ3n) is 4.05. The fourth-order valence-electron chi connectivity index (χ4n) is 2.94. The molecule has 25 heavy (non-hydrogen) atoms. The number of benzene rings is 1. The Morgan fingerprint density at radius 3 is 2.40 bits per heavy atom. The van der Waals surface area contributed by atoms with E-state index in [-0.39, 0.29) is 5.91 Å². The van der Waals surface area contributed by atoms with E-state index in [2.05, 4.69) is 45.4 Å². The lowest BCUT2D eigenvalue weighted by atomic mass is 10.2. The van der Waals surface area contributed by atoms with Crippen LogP contribution in [-0.4, -0.2) is 27.6 Å². The van der Waals surface area contributed by atoms with Gasteiger partial charge in [-0.25, -0.2) is 4.79 Å². The highest BCUT2D eigenvalue weighted by Crippen LogP contribution is 2.13. The van der Waals surface area contributed by atoms with Gasteiger partial charge in [0, 0.05) is 26.1 Å². The highest BCUT2D eigenvalue weighted by molar-refractivity contribution is 5.79. The lowest BCUT2D eigenvalue weighted by molar-refractivity contribution is -0.118. The smallest absolute Gasteiger partial charge is 0.312 e. The number of hydrogen-bond donors (Lipinski definition) is 2. The summed E-state index contributed by atoms with van der Waals surface area (Å²) in [5.41, 5.74) is 7.92. The number of imidazole rings is 1. The Hall–Kier alpha value is -2.57. The molecular weight excluding hydrogens is 318 g/mol. The summed E-state index contributed by atoms with van der Waals surface area (Å²) in [7, 11) is 0. The van der Waals surface area contributed by atoms with Gasteiger partial charge in [-0.3, -0.25) is 4.79 Å². The van der Waals surface area contributed by atoms with Gasteiger partial charge < -0.3 is 20.2 Å². The van der Waals surface area contributed by atoms with Crippen LogP contribution in [0.15, 0.2) is 29.3 Å². The summed E-state index contributed by atoms with van der Waals surface area (Å²) in [6.07, 6.45) is 2.70. The van der Waals surface area contributed by atoms with Crippen LogP contribution in [-0.2, 0) is 17.9 Å². The van der Waals surface area contributed by atoms with Crippen LogP contribution in [0.3, 0.4) is 0 Å². The molecule has 0 spiro atoms. The number of unbranched alkanes of at least 4 members (excludes halogenated alkanes) is 1. The Morgan fingerprint density at radius 1 is 1.12 bits per heavy atom. The van der Waals surface area contributed by atoms with Gasteiger partial charge in [0.25, 0.3) is 0 Å². The molecule has 2 aromatic rings. The van der Waals surface area contributed by atoms with E-state index in [1.165, 1.54) is 0 Å². The van der Waals surface area contributed by atoms with E-state index in [0.29, 0.717) is 31.4 Å². The Labute approximate surface area is 147 Å². The van der Waals surface area contributed by atoms with Crippen LogP contribution in [0.5, 0.6) is 0 Å². The second-order valence-electron chi connectivity index (χ2n) is 5.94. The first-order valence-electron chi connectivity index (χ1n) is 8.87. The molecule has 3 N–H and O–H groups in total. The summed E-state index contributed by atoms with van der Waals surface area (Å²) in [6.45, 7) is 6.23. The standard InChI is InChI=1S/C18H27N5O2/c1-3-13-23-15-10-6-5-9-14(15)22(4-2)18(23)21-16(24)11-7-8-12-20-17(19)25/h5-6,9-10H,3-4,7-8,11-13H2,1-2H3,(H3,19,20,25). The number of para-hydroxylation sites is 2. The zero-order valence-corrected chi connectivity index (χ0v) is 15.0. The van der Waals surface area contributed by atoms with Crippen LogP contribution in [0.2, 0.25) is 0 Å². The molecule has 7 heteroatoms. The number of carbonyl (C=O) groups excluding carboxylic acids is 2. The van der Waals surface area contributed by atoms with Crippen molar-refractivity contribution in [3.63, 3.8) is 0 Å². The number of aryl methyl sites for hydroxylation is 2. The zero-order valence-electron chi connectivity index (χ0n) is 15.0. The molecule has 0 aliphatic heterocycles. The molecule has 0 saturated heterocycles. The quantitative estimate of drug-likeness (QED) is 0.717. The van der Waals surface area contributed by atoms with E-state index in [0.717, 1.165) is 30.5 Å². The third kappa shape index (κ3) is 4.71. The Balaban J connectivity index is 2.22. The van der Waals surface area contributed by atoms with Gasteiger partial charge in [0.15, 0.2) is 0 Å². The molecule has 3 amide bonds. The maximum absolute atomic E-state index is 12.3. The van der Waals surface area contributed by atoms with Gasteiger partial charge in [-0.05, 0) is 38.3 Å². The van der Waals surface area contributed by atoms with Crippen LogP contribution < -0.4 is 16.7 Å². The van der Waals surface area contributed by atoms with Crippen molar-refractivity contribution in [3.05, 3.63) is 29.9 Å². The SMILES string of the molecule is CCCn1c(=NC(=O)CCCCNC(N)=O)n(CC)c2ccccc21. The van der Waals surface area contributed by atoms with E-state index in [1.807, 2.05) is 12.1 Å². The molecule has 2 rings (SSSR count). The second-order valence-corrected chi connectivity index (χ2v) is 5.94. The largest absolute Gasteiger partial charge is 0.352 e. The number of fused-ring (bicyclic) bond motifs is 1. The van der Waals surface area contributed by atoms with Gasteiger partial charge in [-0.15, -0.1) is 0 Å². The highest BCUT2D eigenvalue weighted by Gasteiger charge is 2.11. The van der Waals surface area contributed by atoms with Crippen molar-refractivity contribution >= 4 is 23.0 Å². The van der Waals surface area contributed by atoms with Gasteiger partial charge in [0.05, 0.1) is 11.0 Å². The Bertz CT molecular complexity index is 803. The lowest BCUT2D eigenvalue weighted by Crippen LogP contribution is -2.30. The summed E-state index contributed by atoms with van der Waals surface area (Å²) in [5, 5.41) is 2.52. The van der Waals surface area contributed by atoms with Crippen LogP contribution in [0.4, 0.5) is 4.79 Å². The van der Waals surface area contributed by atoms with Crippen molar-refractivity contribution in [1.82, 2.24) is 14.5 Å². The van der Waals surface area contributed by atoms with Crippen molar-refractivity contribution in [1.29, 1.82) is 0 Å². The van der Waals surface area contributed by atoms with Crippen molar-refractivity contribution in [2.24, 2.45) is 10.7 Å². The maximum atomic E-state index is 12.3. The minimum absolute atomic E-state index is 0.138. The molecule has 0 fully saturated rings. The van der Waals surface area contributed by atoms with E-state index < -0.39 is 6.03 Å². The molecule has 7 nitrogen and oxygen atoms in total. The van der Waals surface area contributed by atoms with Crippen molar-refractivity contribution in [3.8, 4) is 0 Å². The summed E-state index contributed by atoms with van der Waals surface area (Å²) in [5.74, 6) is -0.138. The highest BCUT2D eigenvalue weighted by atomic mass is 16.2. The number of nitrogens with two attached hydrogens (primary N) is 1. The number of aromatic nitrogens is 2. The van der Waals surface area contributed by atoms with E-state index in [9.17, 15) is 9.59 Å². The number of amides is 3. The van der Waals surface area contributed by atoms with Gasteiger partial charge in [-0.2, -0.15) is 4.99 Å². The average Bonchev–Trinajstić information content (AvgIpc) is 2.87. The molecule has 1 aromatic carbocycles. The molecule has 1 heterocycles. The summed E-state index contributed by atoms with van der Waals surface area (Å²) in [4.78, 5) is 27.3. The zero-order chi connectivity index (χ0) is 18.2. The van der Waals surface area contributed by atoms with E-state index >= 15 is 0 Å². The maximum Gasteiger partial charge on any atom is 0.312 e. The average molecular weight is 345 g/mol. The number of hydrogen-bond acceptors (Lipinski definition) is 2. The summed E-state index contributed by atoms with van der Waals surface area (Å²) < 4.78 is 4.20. The molecule has 1 aromatic heterocycles. The van der Waals surface area contributed by atoms with Gasteiger partial charge in [0.1, 0.15) is 0 Å². The van der Waals surface area contributed by atoms with Crippen molar-refractivity contribution in [2.45, 2.75) is 52.6 Å².